The van der Waals surface area contributed by atoms with Crippen LogP contribution >= 0.6 is 11.3 Å². The van der Waals surface area contributed by atoms with Crippen molar-refractivity contribution in [1.82, 2.24) is 0 Å². The number of hydrogen-bond donors (Lipinski definition) is 0. The highest BCUT2D eigenvalue weighted by Gasteiger charge is 1.85. The van der Waals surface area contributed by atoms with Crippen LogP contribution in [0.4, 0.5) is 0 Å². The second-order valence-electron chi connectivity index (χ2n) is 1.54. The van der Waals surface area contributed by atoms with Gasteiger partial charge in [0.2, 0.25) is 0 Å². The molecule has 0 unspecified atom stereocenters. The molecular weight excluding hydrogens is 116 g/mol. The quantitative estimate of drug-likeness (QED) is 0.529. The van der Waals surface area contributed by atoms with Crippen LogP contribution in [0.3, 0.4) is 0 Å². The first-order valence-electron chi connectivity index (χ1n) is 2.48. The summed E-state index contributed by atoms with van der Waals surface area (Å²) in [5.41, 5.74) is 1.24. The van der Waals surface area contributed by atoms with E-state index in [9.17, 15) is 0 Å². The summed E-state index contributed by atoms with van der Waals surface area (Å²) < 4.78 is 0. The third-order valence-corrected chi connectivity index (χ3v) is 1.54. The lowest BCUT2D eigenvalue weighted by Crippen LogP contribution is -1.69. The summed E-state index contributed by atoms with van der Waals surface area (Å²) in [4.78, 5) is 0. The Bertz CT molecular complexity index is 151. The molecule has 0 saturated carbocycles. The average molecular weight is 123 g/mol. The third kappa shape index (κ3) is 1.20. The highest BCUT2D eigenvalue weighted by molar-refractivity contribution is 7.07. The molecule has 0 atom stereocenters. The predicted molar refractivity (Wildman–Crippen MR) is 37.1 cm³/mol. The van der Waals surface area contributed by atoms with E-state index in [1.807, 2.05) is 11.5 Å². The molecule has 1 aromatic rings. The zero-order valence-corrected chi connectivity index (χ0v) is 5.37. The second-order valence-corrected chi connectivity index (χ2v) is 2.25. The van der Waals surface area contributed by atoms with Crippen molar-refractivity contribution in [2.75, 3.05) is 0 Å². The summed E-state index contributed by atoms with van der Waals surface area (Å²) in [5, 5.41) is 5.14. The standard InChI is InChI=1S/C7H7S/c1-2-3-7-4-5-8-6-7/h2,4-5H,1,3H2. The van der Waals surface area contributed by atoms with Crippen molar-refractivity contribution in [2.24, 2.45) is 0 Å². The van der Waals surface area contributed by atoms with Gasteiger partial charge in [0.25, 0.3) is 0 Å². The maximum absolute atomic E-state index is 3.62. The topological polar surface area (TPSA) is 0 Å². The van der Waals surface area contributed by atoms with Gasteiger partial charge in [0.15, 0.2) is 0 Å². The van der Waals surface area contributed by atoms with Crippen LogP contribution in [0.15, 0.2) is 24.1 Å². The van der Waals surface area contributed by atoms with Crippen LogP contribution in [0.2, 0.25) is 0 Å². The molecule has 1 heterocycles. The molecule has 41 valence electrons. The lowest BCUT2D eigenvalue weighted by Gasteiger charge is -1.80. The van der Waals surface area contributed by atoms with Gasteiger partial charge in [0.05, 0.1) is 0 Å². The number of rotatable bonds is 2. The fourth-order valence-corrected chi connectivity index (χ4v) is 1.13. The van der Waals surface area contributed by atoms with Crippen LogP contribution in [-0.2, 0) is 6.42 Å². The van der Waals surface area contributed by atoms with E-state index in [1.54, 1.807) is 11.3 Å². The van der Waals surface area contributed by atoms with Crippen molar-refractivity contribution in [3.05, 3.63) is 35.0 Å². The van der Waals surface area contributed by atoms with Crippen molar-refractivity contribution < 1.29 is 0 Å². The first-order chi connectivity index (χ1) is 3.93. The molecule has 1 rings (SSSR count). The predicted octanol–water partition coefficient (Wildman–Crippen LogP) is 2.28. The van der Waals surface area contributed by atoms with Crippen LogP contribution in [-0.4, -0.2) is 0 Å². The van der Waals surface area contributed by atoms with Crippen LogP contribution in [0.25, 0.3) is 0 Å². The van der Waals surface area contributed by atoms with E-state index in [4.69, 9.17) is 0 Å². The highest BCUT2D eigenvalue weighted by Crippen LogP contribution is 2.04. The summed E-state index contributed by atoms with van der Waals surface area (Å²) in [6.07, 6.45) is 2.84. The lowest BCUT2D eigenvalue weighted by atomic mass is 10.2. The Labute approximate surface area is 53.5 Å². The minimum atomic E-state index is 0.948. The van der Waals surface area contributed by atoms with Crippen LogP contribution in [0.1, 0.15) is 5.56 Å². The van der Waals surface area contributed by atoms with Gasteiger partial charge in [-0.3, -0.25) is 0 Å². The van der Waals surface area contributed by atoms with Crippen molar-refractivity contribution in [3.63, 3.8) is 0 Å². The molecule has 0 aromatic carbocycles. The van der Waals surface area contributed by atoms with Crippen molar-refractivity contribution in [2.45, 2.75) is 6.42 Å². The van der Waals surface area contributed by atoms with Crippen LogP contribution in [0, 0.1) is 5.38 Å². The molecule has 0 amide bonds. The van der Waals surface area contributed by atoms with E-state index in [1.165, 1.54) is 5.56 Å². The van der Waals surface area contributed by atoms with E-state index in [2.05, 4.69) is 18.0 Å². The Morgan fingerprint density at radius 2 is 2.75 bits per heavy atom. The Morgan fingerprint density at radius 1 is 1.88 bits per heavy atom. The van der Waals surface area contributed by atoms with Gasteiger partial charge in [-0.25, -0.2) is 0 Å². The monoisotopic (exact) mass is 123 g/mol. The van der Waals surface area contributed by atoms with Gasteiger partial charge in [-0.15, -0.1) is 17.9 Å². The largest absolute Gasteiger partial charge is 0.143 e. The molecule has 1 aromatic heterocycles. The fraction of sp³-hybridized carbons (Fsp3) is 0.143. The van der Waals surface area contributed by atoms with Gasteiger partial charge < -0.3 is 0 Å². The van der Waals surface area contributed by atoms with E-state index in [0.29, 0.717) is 0 Å². The molecule has 1 radical (unpaired) electrons. The summed E-state index contributed by atoms with van der Waals surface area (Å²) in [7, 11) is 0. The molecule has 0 N–H and O–H groups in total. The minimum absolute atomic E-state index is 0.948. The third-order valence-electron chi connectivity index (χ3n) is 0.892. The van der Waals surface area contributed by atoms with E-state index < -0.39 is 0 Å². The molecule has 0 aliphatic rings. The van der Waals surface area contributed by atoms with Gasteiger partial charge >= 0.3 is 0 Å². The Morgan fingerprint density at radius 3 is 3.25 bits per heavy atom. The van der Waals surface area contributed by atoms with E-state index >= 15 is 0 Å². The Balaban J connectivity index is 2.62. The average Bonchev–Trinajstić information content (AvgIpc) is 2.19. The molecule has 0 aliphatic carbocycles. The zero-order chi connectivity index (χ0) is 5.82. The van der Waals surface area contributed by atoms with E-state index in [0.717, 1.165) is 6.42 Å². The maximum atomic E-state index is 3.62. The SMILES string of the molecule is C=CCc1[c]scc1. The minimum Gasteiger partial charge on any atom is -0.143 e. The molecule has 8 heavy (non-hydrogen) atoms. The molecule has 0 bridgehead atoms. The molecule has 0 fully saturated rings. The first kappa shape index (κ1) is 5.57. The van der Waals surface area contributed by atoms with Gasteiger partial charge in [-0.1, -0.05) is 6.08 Å². The van der Waals surface area contributed by atoms with Crippen LogP contribution in [0.5, 0.6) is 0 Å². The number of allylic oxidation sites excluding steroid dienone is 1. The Hall–Kier alpha value is -0.560. The molecule has 0 nitrogen and oxygen atoms in total. The van der Waals surface area contributed by atoms with E-state index in [-0.39, 0.29) is 0 Å². The van der Waals surface area contributed by atoms with Crippen LogP contribution < -0.4 is 0 Å². The zero-order valence-electron chi connectivity index (χ0n) is 4.55. The van der Waals surface area contributed by atoms with Gasteiger partial charge in [0, 0.05) is 5.38 Å². The van der Waals surface area contributed by atoms with Crippen molar-refractivity contribution >= 4 is 11.3 Å². The highest BCUT2D eigenvalue weighted by atomic mass is 32.1. The van der Waals surface area contributed by atoms with Crippen molar-refractivity contribution in [1.29, 1.82) is 0 Å². The number of thiophene rings is 1. The smallest absolute Gasteiger partial charge is 0.0480 e. The Kier molecular flexibility index (Phi) is 1.86. The maximum Gasteiger partial charge on any atom is 0.0480 e. The first-order valence-corrected chi connectivity index (χ1v) is 3.36. The summed E-state index contributed by atoms with van der Waals surface area (Å²) in [6, 6.07) is 2.06. The summed E-state index contributed by atoms with van der Waals surface area (Å²) >= 11 is 1.61. The van der Waals surface area contributed by atoms with Gasteiger partial charge in [-0.05, 0) is 23.4 Å². The molecule has 0 saturated heterocycles. The normalized spacial score (nSPS) is 9.00. The number of hydrogen-bond acceptors (Lipinski definition) is 1. The molecule has 0 spiro atoms. The summed E-state index contributed by atoms with van der Waals surface area (Å²) in [6.45, 7) is 3.62. The second kappa shape index (κ2) is 2.68. The van der Waals surface area contributed by atoms with Gasteiger partial charge in [0.1, 0.15) is 0 Å². The summed E-state index contributed by atoms with van der Waals surface area (Å²) in [5.74, 6) is 0. The molecule has 0 aliphatic heterocycles. The molecule has 1 heteroatoms. The fourth-order valence-electron chi connectivity index (χ4n) is 0.525. The lowest BCUT2D eigenvalue weighted by molar-refractivity contribution is 1.30. The van der Waals surface area contributed by atoms with Gasteiger partial charge in [-0.2, -0.15) is 0 Å². The van der Waals surface area contributed by atoms with Crippen molar-refractivity contribution in [3.8, 4) is 0 Å². The molecular formula is C7H7S.